The predicted octanol–water partition coefficient (Wildman–Crippen LogP) is 3.30. The molecule has 8 nitrogen and oxygen atoms in total. The van der Waals surface area contributed by atoms with Crippen LogP contribution in [0, 0.1) is 0 Å². The zero-order chi connectivity index (χ0) is 24.0. The first-order valence-corrected chi connectivity index (χ1v) is 10.8. The molecule has 2 aromatic rings. The number of hydrogen-bond acceptors (Lipinski definition) is 5. The van der Waals surface area contributed by atoms with E-state index in [1.807, 2.05) is 36.4 Å². The van der Waals surface area contributed by atoms with Crippen LogP contribution in [-0.4, -0.2) is 55.0 Å². The Labute approximate surface area is 193 Å². The van der Waals surface area contributed by atoms with Crippen LogP contribution in [0.4, 0.5) is 4.79 Å². The second-order valence-electron chi connectivity index (χ2n) is 8.77. The Hall–Kier alpha value is -3.39. The summed E-state index contributed by atoms with van der Waals surface area (Å²) in [6, 6.07) is 16.2. The van der Waals surface area contributed by atoms with Crippen LogP contribution in [0.1, 0.15) is 43.7 Å². The van der Waals surface area contributed by atoms with Gasteiger partial charge in [0.15, 0.2) is 0 Å². The minimum absolute atomic E-state index is 0.0246. The highest BCUT2D eigenvalue weighted by molar-refractivity contribution is 5.80. The van der Waals surface area contributed by atoms with E-state index in [9.17, 15) is 14.4 Å². The molecular formula is C25H30N2O6. The zero-order valence-corrected chi connectivity index (χ0v) is 19.1. The molecule has 0 saturated carbocycles. The van der Waals surface area contributed by atoms with E-state index in [1.54, 1.807) is 13.8 Å². The lowest BCUT2D eigenvalue weighted by Gasteiger charge is -2.25. The van der Waals surface area contributed by atoms with Gasteiger partial charge in [0, 0.05) is 25.1 Å². The molecule has 3 N–H and O–H groups in total. The Balaban J connectivity index is 1.50. The van der Waals surface area contributed by atoms with Gasteiger partial charge in [-0.2, -0.15) is 0 Å². The minimum Gasteiger partial charge on any atom is -0.481 e. The summed E-state index contributed by atoms with van der Waals surface area (Å²) in [6.45, 7) is 3.55. The highest BCUT2D eigenvalue weighted by Gasteiger charge is 2.29. The van der Waals surface area contributed by atoms with Gasteiger partial charge in [0.05, 0.1) is 18.9 Å². The summed E-state index contributed by atoms with van der Waals surface area (Å²) in [4.78, 5) is 35.5. The molecule has 8 heteroatoms. The van der Waals surface area contributed by atoms with Crippen molar-refractivity contribution >= 4 is 18.0 Å². The lowest BCUT2D eigenvalue weighted by Crippen LogP contribution is -2.47. The minimum atomic E-state index is -1.000. The third-order valence-corrected chi connectivity index (χ3v) is 5.64. The molecule has 0 aliphatic heterocycles. The smallest absolute Gasteiger partial charge is 0.407 e. The van der Waals surface area contributed by atoms with Gasteiger partial charge in [-0.05, 0) is 36.1 Å². The number of carboxylic acids is 1. The summed E-state index contributed by atoms with van der Waals surface area (Å²) < 4.78 is 10.8. The van der Waals surface area contributed by atoms with Gasteiger partial charge in [-0.1, -0.05) is 48.5 Å². The second kappa shape index (κ2) is 10.5. The van der Waals surface area contributed by atoms with Crippen LogP contribution >= 0.6 is 0 Å². The molecule has 0 heterocycles. The van der Waals surface area contributed by atoms with Crippen LogP contribution in [0.3, 0.4) is 0 Å². The van der Waals surface area contributed by atoms with Crippen LogP contribution in [0.5, 0.6) is 0 Å². The Kier molecular flexibility index (Phi) is 7.71. The van der Waals surface area contributed by atoms with Crippen molar-refractivity contribution in [1.29, 1.82) is 0 Å². The predicted molar refractivity (Wildman–Crippen MR) is 123 cm³/mol. The Morgan fingerprint density at radius 3 is 2.15 bits per heavy atom. The average molecular weight is 455 g/mol. The number of aliphatic carboxylic acids is 1. The molecule has 0 radical (unpaired) electrons. The van der Waals surface area contributed by atoms with Crippen molar-refractivity contribution in [3.63, 3.8) is 0 Å². The van der Waals surface area contributed by atoms with Crippen LogP contribution in [0.2, 0.25) is 0 Å². The van der Waals surface area contributed by atoms with E-state index in [1.165, 1.54) is 7.11 Å². The Morgan fingerprint density at radius 2 is 1.61 bits per heavy atom. The zero-order valence-electron chi connectivity index (χ0n) is 19.1. The molecule has 1 aliphatic rings. The highest BCUT2D eigenvalue weighted by atomic mass is 16.5. The van der Waals surface area contributed by atoms with Crippen molar-refractivity contribution < 1.29 is 29.0 Å². The molecule has 0 bridgehead atoms. The maximum atomic E-state index is 12.3. The van der Waals surface area contributed by atoms with E-state index in [4.69, 9.17) is 14.6 Å². The van der Waals surface area contributed by atoms with Gasteiger partial charge in [0.25, 0.3) is 0 Å². The number of nitrogens with one attached hydrogen (secondary N) is 2. The largest absolute Gasteiger partial charge is 0.481 e. The summed E-state index contributed by atoms with van der Waals surface area (Å²) in [5.74, 6) is -1.40. The summed E-state index contributed by atoms with van der Waals surface area (Å²) in [5.41, 5.74) is 3.67. The molecule has 2 aromatic carbocycles. The molecule has 1 atom stereocenters. The van der Waals surface area contributed by atoms with Gasteiger partial charge in [0.2, 0.25) is 5.91 Å². The second-order valence-corrected chi connectivity index (χ2v) is 8.77. The number of methoxy groups -OCH3 is 1. The third kappa shape index (κ3) is 6.32. The SMILES string of the molecule is COC(CNC(=O)OCC1c2ccccc2-c2ccccc21)CC(=O)NC(C)(C)CC(=O)O. The standard InChI is InChI=1S/C25H30N2O6/c1-25(2,13-23(29)30)27-22(28)12-16(32-3)14-26-24(31)33-15-21-19-10-6-4-8-17(19)18-9-5-7-11-20(18)21/h4-11,16,21H,12-15H2,1-3H3,(H,26,31)(H,27,28)(H,29,30). The van der Waals surface area contributed by atoms with E-state index in [0.29, 0.717) is 0 Å². The lowest BCUT2D eigenvalue weighted by atomic mass is 9.98. The monoisotopic (exact) mass is 454 g/mol. The van der Waals surface area contributed by atoms with Crippen molar-refractivity contribution in [2.45, 2.75) is 44.2 Å². The fourth-order valence-corrected chi connectivity index (χ4v) is 4.14. The average Bonchev–Trinajstić information content (AvgIpc) is 3.07. The number of rotatable bonds is 10. The number of benzene rings is 2. The summed E-state index contributed by atoms with van der Waals surface area (Å²) in [6.07, 6.45) is -1.39. The van der Waals surface area contributed by atoms with Gasteiger partial charge in [-0.15, -0.1) is 0 Å². The molecule has 0 saturated heterocycles. The molecule has 0 spiro atoms. The third-order valence-electron chi connectivity index (χ3n) is 5.64. The number of fused-ring (bicyclic) bond motifs is 3. The molecule has 0 fully saturated rings. The van der Waals surface area contributed by atoms with Crippen LogP contribution < -0.4 is 10.6 Å². The number of alkyl carbamates (subject to hydrolysis) is 1. The summed E-state index contributed by atoms with van der Waals surface area (Å²) in [7, 11) is 1.44. The fraction of sp³-hybridized carbons (Fsp3) is 0.400. The number of carbonyl (C=O) groups is 3. The van der Waals surface area contributed by atoms with Crippen LogP contribution in [0.25, 0.3) is 11.1 Å². The van der Waals surface area contributed by atoms with Gasteiger partial charge in [-0.3, -0.25) is 9.59 Å². The maximum absolute atomic E-state index is 12.3. The summed E-state index contributed by atoms with van der Waals surface area (Å²) in [5, 5.41) is 14.3. The van der Waals surface area contributed by atoms with E-state index in [-0.39, 0.29) is 37.8 Å². The summed E-state index contributed by atoms with van der Waals surface area (Å²) >= 11 is 0. The van der Waals surface area contributed by atoms with Crippen molar-refractivity contribution in [3.8, 4) is 11.1 Å². The van der Waals surface area contributed by atoms with Crippen molar-refractivity contribution in [1.82, 2.24) is 10.6 Å². The van der Waals surface area contributed by atoms with E-state index in [2.05, 4.69) is 22.8 Å². The first-order chi connectivity index (χ1) is 15.7. The lowest BCUT2D eigenvalue weighted by molar-refractivity contribution is -0.138. The Morgan fingerprint density at radius 1 is 1.03 bits per heavy atom. The molecular weight excluding hydrogens is 424 g/mol. The molecule has 2 amide bonds. The number of amides is 2. The number of carboxylic acid groups (broad SMARTS) is 1. The van der Waals surface area contributed by atoms with E-state index < -0.39 is 23.7 Å². The van der Waals surface area contributed by atoms with Crippen molar-refractivity contribution in [2.24, 2.45) is 0 Å². The van der Waals surface area contributed by atoms with Crippen LogP contribution in [0.15, 0.2) is 48.5 Å². The number of hydrogen-bond donors (Lipinski definition) is 3. The molecule has 3 rings (SSSR count). The normalized spacial score (nSPS) is 13.5. The molecule has 1 aliphatic carbocycles. The first kappa shape index (κ1) is 24.3. The maximum Gasteiger partial charge on any atom is 0.407 e. The van der Waals surface area contributed by atoms with Crippen molar-refractivity contribution in [2.75, 3.05) is 20.3 Å². The molecule has 176 valence electrons. The van der Waals surface area contributed by atoms with Gasteiger partial charge in [0.1, 0.15) is 6.61 Å². The van der Waals surface area contributed by atoms with E-state index in [0.717, 1.165) is 22.3 Å². The molecule has 1 unspecified atom stereocenters. The van der Waals surface area contributed by atoms with E-state index >= 15 is 0 Å². The molecule has 0 aromatic heterocycles. The quantitative estimate of drug-likeness (QED) is 0.508. The van der Waals surface area contributed by atoms with Crippen molar-refractivity contribution in [3.05, 3.63) is 59.7 Å². The topological polar surface area (TPSA) is 114 Å². The van der Waals surface area contributed by atoms with Gasteiger partial charge < -0.3 is 25.2 Å². The first-order valence-electron chi connectivity index (χ1n) is 10.8. The number of carbonyl (C=O) groups excluding carboxylic acids is 2. The Bertz CT molecular complexity index is 974. The highest BCUT2D eigenvalue weighted by Crippen LogP contribution is 2.44. The number of ether oxygens (including phenoxy) is 2. The fourth-order valence-electron chi connectivity index (χ4n) is 4.14. The van der Waals surface area contributed by atoms with Gasteiger partial charge in [-0.25, -0.2) is 4.79 Å². The van der Waals surface area contributed by atoms with Gasteiger partial charge >= 0.3 is 12.1 Å². The van der Waals surface area contributed by atoms with Crippen LogP contribution in [-0.2, 0) is 19.1 Å². The molecule has 33 heavy (non-hydrogen) atoms.